The molecule has 4 nitrogen and oxygen atoms in total. The molecule has 1 unspecified atom stereocenters. The number of aryl methyl sites for hydroxylation is 1. The van der Waals surface area contributed by atoms with Crippen molar-refractivity contribution in [1.82, 2.24) is 10.3 Å². The lowest BCUT2D eigenvalue weighted by Crippen LogP contribution is -2.33. The van der Waals surface area contributed by atoms with Crippen molar-refractivity contribution >= 4 is 5.91 Å². The largest absolute Gasteiger partial charge is 0.508 e. The predicted octanol–water partition coefficient (Wildman–Crippen LogP) is 2.68. The zero-order valence-corrected chi connectivity index (χ0v) is 11.7. The summed E-state index contributed by atoms with van der Waals surface area (Å²) in [5, 5.41) is 12.0. The van der Waals surface area contributed by atoms with Crippen molar-refractivity contribution in [1.29, 1.82) is 0 Å². The van der Waals surface area contributed by atoms with E-state index in [0.29, 0.717) is 0 Å². The van der Waals surface area contributed by atoms with Crippen LogP contribution in [-0.4, -0.2) is 22.0 Å². The number of rotatable bonds is 5. The number of phenols is 1. The highest BCUT2D eigenvalue weighted by Crippen LogP contribution is 2.12. The average molecular weight is 288 g/mol. The van der Waals surface area contributed by atoms with Crippen molar-refractivity contribution < 1.29 is 14.3 Å². The molecular formula is C16H17FN2O2. The first-order chi connectivity index (χ1) is 10.0. The van der Waals surface area contributed by atoms with E-state index < -0.39 is 5.95 Å². The minimum Gasteiger partial charge on any atom is -0.508 e. The monoisotopic (exact) mass is 288 g/mol. The number of hydrogen-bond acceptors (Lipinski definition) is 3. The van der Waals surface area contributed by atoms with Gasteiger partial charge in [-0.15, -0.1) is 0 Å². The number of hydrogen-bond donors (Lipinski definition) is 2. The molecule has 1 atom stereocenters. The van der Waals surface area contributed by atoms with Gasteiger partial charge in [-0.25, -0.2) is 4.98 Å². The van der Waals surface area contributed by atoms with Crippen molar-refractivity contribution in [2.75, 3.05) is 0 Å². The number of nitrogens with zero attached hydrogens (tertiary/aromatic N) is 1. The molecule has 5 heteroatoms. The number of carbonyl (C=O) groups excluding carboxylic acids is 1. The van der Waals surface area contributed by atoms with Crippen molar-refractivity contribution in [3.05, 3.63) is 59.7 Å². The van der Waals surface area contributed by atoms with Crippen LogP contribution in [0.15, 0.2) is 42.6 Å². The number of aromatic hydroxyl groups is 1. The molecule has 0 saturated heterocycles. The van der Waals surface area contributed by atoms with Crippen molar-refractivity contribution in [3.8, 4) is 5.75 Å². The summed E-state index contributed by atoms with van der Waals surface area (Å²) in [6.07, 6.45) is 2.81. The van der Waals surface area contributed by atoms with Crippen LogP contribution in [0.5, 0.6) is 5.75 Å². The molecule has 2 rings (SSSR count). The maximum Gasteiger partial charge on any atom is 0.251 e. The maximum atomic E-state index is 13.0. The van der Waals surface area contributed by atoms with Crippen LogP contribution in [0.4, 0.5) is 4.39 Å². The van der Waals surface area contributed by atoms with E-state index in [9.17, 15) is 14.3 Å². The molecule has 2 N–H and O–H groups in total. The topological polar surface area (TPSA) is 62.2 Å². The van der Waals surface area contributed by atoms with Gasteiger partial charge in [-0.2, -0.15) is 4.39 Å². The third-order valence-electron chi connectivity index (χ3n) is 3.17. The predicted molar refractivity (Wildman–Crippen MR) is 77.6 cm³/mol. The molecule has 0 spiro atoms. The molecule has 0 radical (unpaired) electrons. The van der Waals surface area contributed by atoms with Crippen LogP contribution in [0.25, 0.3) is 0 Å². The second kappa shape index (κ2) is 6.83. The molecule has 0 aliphatic carbocycles. The molecule has 0 fully saturated rings. The summed E-state index contributed by atoms with van der Waals surface area (Å²) in [6, 6.07) is 9.52. The van der Waals surface area contributed by atoms with Gasteiger partial charge in [0.2, 0.25) is 5.95 Å². The SMILES string of the molecule is CC(CCc1ccc(O)cc1)NC(=O)c1ccnc(F)c1. The van der Waals surface area contributed by atoms with Crippen molar-refractivity contribution in [2.45, 2.75) is 25.8 Å². The van der Waals surface area contributed by atoms with Gasteiger partial charge in [0.1, 0.15) is 5.75 Å². The molecule has 110 valence electrons. The zero-order chi connectivity index (χ0) is 15.2. The number of nitrogens with one attached hydrogen (secondary N) is 1. The first-order valence-electron chi connectivity index (χ1n) is 6.75. The quantitative estimate of drug-likeness (QED) is 0.831. The van der Waals surface area contributed by atoms with Gasteiger partial charge in [0.15, 0.2) is 0 Å². The summed E-state index contributed by atoms with van der Waals surface area (Å²) in [5.74, 6) is -0.742. The van der Waals surface area contributed by atoms with Crippen LogP contribution >= 0.6 is 0 Å². The Morgan fingerprint density at radius 1 is 1.33 bits per heavy atom. The molecule has 1 aromatic heterocycles. The van der Waals surface area contributed by atoms with E-state index in [1.807, 2.05) is 19.1 Å². The Hall–Kier alpha value is -2.43. The summed E-state index contributed by atoms with van der Waals surface area (Å²) < 4.78 is 13.0. The molecule has 21 heavy (non-hydrogen) atoms. The molecule has 0 saturated carbocycles. The average Bonchev–Trinajstić information content (AvgIpc) is 2.46. The van der Waals surface area contributed by atoms with Gasteiger partial charge in [0, 0.05) is 23.9 Å². The van der Waals surface area contributed by atoms with Gasteiger partial charge in [-0.1, -0.05) is 12.1 Å². The van der Waals surface area contributed by atoms with E-state index in [2.05, 4.69) is 10.3 Å². The fourth-order valence-electron chi connectivity index (χ4n) is 1.97. The summed E-state index contributed by atoms with van der Waals surface area (Å²) in [4.78, 5) is 15.3. The Balaban J connectivity index is 1.85. The van der Waals surface area contributed by atoms with E-state index in [4.69, 9.17) is 0 Å². The first-order valence-corrected chi connectivity index (χ1v) is 6.75. The highest BCUT2D eigenvalue weighted by Gasteiger charge is 2.10. The second-order valence-corrected chi connectivity index (χ2v) is 4.95. The second-order valence-electron chi connectivity index (χ2n) is 4.95. The molecule has 1 heterocycles. The lowest BCUT2D eigenvalue weighted by atomic mass is 10.1. The molecule has 0 aliphatic heterocycles. The van der Waals surface area contributed by atoms with Gasteiger partial charge in [0.05, 0.1) is 0 Å². The van der Waals surface area contributed by atoms with Crippen LogP contribution in [0.1, 0.15) is 29.3 Å². The first kappa shape index (κ1) is 15.0. The number of halogens is 1. The summed E-state index contributed by atoms with van der Waals surface area (Å²) >= 11 is 0. The summed E-state index contributed by atoms with van der Waals surface area (Å²) in [7, 11) is 0. The molecule has 0 aliphatic rings. The van der Waals surface area contributed by atoms with Gasteiger partial charge in [-0.05, 0) is 43.5 Å². The van der Waals surface area contributed by atoms with E-state index in [1.54, 1.807) is 12.1 Å². The number of benzene rings is 1. The van der Waals surface area contributed by atoms with E-state index in [1.165, 1.54) is 12.3 Å². The van der Waals surface area contributed by atoms with Gasteiger partial charge in [-0.3, -0.25) is 4.79 Å². The fourth-order valence-corrected chi connectivity index (χ4v) is 1.97. The molecule has 0 bridgehead atoms. The normalized spacial score (nSPS) is 11.9. The maximum absolute atomic E-state index is 13.0. The smallest absolute Gasteiger partial charge is 0.251 e. The van der Waals surface area contributed by atoms with E-state index in [0.717, 1.165) is 24.5 Å². The molecule has 1 amide bonds. The van der Waals surface area contributed by atoms with Gasteiger partial charge >= 0.3 is 0 Å². The molecule has 2 aromatic rings. The summed E-state index contributed by atoms with van der Waals surface area (Å²) in [6.45, 7) is 1.90. The standard InChI is InChI=1S/C16H17FN2O2/c1-11(2-3-12-4-6-14(20)7-5-12)19-16(21)13-8-9-18-15(17)10-13/h4-11,20H,2-3H2,1H3,(H,19,21). The summed E-state index contributed by atoms with van der Waals surface area (Å²) in [5.41, 5.74) is 1.35. The van der Waals surface area contributed by atoms with Crippen molar-refractivity contribution in [3.63, 3.8) is 0 Å². The lowest BCUT2D eigenvalue weighted by molar-refractivity contribution is 0.0938. The number of aromatic nitrogens is 1. The van der Waals surface area contributed by atoms with Crippen LogP contribution in [0, 0.1) is 5.95 Å². The van der Waals surface area contributed by atoms with Crippen LogP contribution in [-0.2, 0) is 6.42 Å². The van der Waals surface area contributed by atoms with Gasteiger partial charge in [0.25, 0.3) is 5.91 Å². The number of pyridine rings is 1. The number of phenolic OH excluding ortho intramolecular Hbond substituents is 1. The van der Waals surface area contributed by atoms with E-state index in [-0.39, 0.29) is 23.3 Å². The van der Waals surface area contributed by atoms with Crippen LogP contribution in [0.3, 0.4) is 0 Å². The van der Waals surface area contributed by atoms with Crippen molar-refractivity contribution in [2.24, 2.45) is 0 Å². The Kier molecular flexibility index (Phi) is 4.87. The Morgan fingerprint density at radius 3 is 2.71 bits per heavy atom. The minimum atomic E-state index is -0.667. The fraction of sp³-hybridized carbons (Fsp3) is 0.250. The highest BCUT2D eigenvalue weighted by molar-refractivity contribution is 5.94. The third kappa shape index (κ3) is 4.56. The zero-order valence-electron chi connectivity index (χ0n) is 11.7. The number of carbonyl (C=O) groups is 1. The van der Waals surface area contributed by atoms with E-state index >= 15 is 0 Å². The Morgan fingerprint density at radius 2 is 2.05 bits per heavy atom. The minimum absolute atomic E-state index is 0.0393. The highest BCUT2D eigenvalue weighted by atomic mass is 19.1. The number of amides is 1. The Bertz CT molecular complexity index is 614. The Labute approximate surface area is 122 Å². The molecule has 1 aromatic carbocycles. The van der Waals surface area contributed by atoms with Crippen LogP contribution < -0.4 is 5.32 Å². The lowest BCUT2D eigenvalue weighted by Gasteiger charge is -2.14. The third-order valence-corrected chi connectivity index (χ3v) is 3.17. The molecular weight excluding hydrogens is 271 g/mol. The van der Waals surface area contributed by atoms with Crippen LogP contribution in [0.2, 0.25) is 0 Å². The van der Waals surface area contributed by atoms with Gasteiger partial charge < -0.3 is 10.4 Å².